The van der Waals surface area contributed by atoms with Gasteiger partial charge in [0.1, 0.15) is 11.8 Å². The summed E-state index contributed by atoms with van der Waals surface area (Å²) in [5.74, 6) is 0.128. The largest absolute Gasteiger partial charge is 0.305 e. The molecule has 0 aliphatic carbocycles. The van der Waals surface area contributed by atoms with Crippen molar-refractivity contribution in [3.8, 4) is 0 Å². The van der Waals surface area contributed by atoms with E-state index in [1.54, 1.807) is 17.2 Å². The number of aliphatic imine (C=N–C) groups is 2. The van der Waals surface area contributed by atoms with Gasteiger partial charge < -0.3 is 4.90 Å². The minimum absolute atomic E-state index is 0.0167. The number of allylic oxidation sites excluding steroid dienone is 1. The van der Waals surface area contributed by atoms with Crippen LogP contribution in [0.15, 0.2) is 22.1 Å². The highest BCUT2D eigenvalue weighted by atomic mass is 32.1. The summed E-state index contributed by atoms with van der Waals surface area (Å²) >= 11 is 5.21. The van der Waals surface area contributed by atoms with Crippen LogP contribution in [-0.4, -0.2) is 59.6 Å². The van der Waals surface area contributed by atoms with E-state index in [2.05, 4.69) is 28.9 Å². The van der Waals surface area contributed by atoms with Gasteiger partial charge in [0.05, 0.1) is 0 Å². The number of hydrogen-bond acceptors (Lipinski definition) is 4. The molecule has 0 bridgehead atoms. The van der Waals surface area contributed by atoms with Crippen molar-refractivity contribution in [3.05, 3.63) is 12.2 Å². The van der Waals surface area contributed by atoms with Crippen molar-refractivity contribution in [1.29, 1.82) is 0 Å². The van der Waals surface area contributed by atoms with Crippen molar-refractivity contribution in [2.75, 3.05) is 26.7 Å². The third kappa shape index (κ3) is 3.37. The van der Waals surface area contributed by atoms with Gasteiger partial charge in [0, 0.05) is 19.3 Å². The number of amidine groups is 1. The Morgan fingerprint density at radius 1 is 1.45 bits per heavy atom. The first-order valence-corrected chi connectivity index (χ1v) is 7.37. The maximum Gasteiger partial charge on any atom is 0.243 e. The number of hydrogen-bond donors (Lipinski definition) is 0. The van der Waals surface area contributed by atoms with E-state index in [0.29, 0.717) is 17.5 Å². The zero-order valence-electron chi connectivity index (χ0n) is 12.0. The third-order valence-electron chi connectivity index (χ3n) is 3.45. The van der Waals surface area contributed by atoms with Crippen LogP contribution < -0.4 is 0 Å². The van der Waals surface area contributed by atoms with Gasteiger partial charge in [-0.05, 0) is 38.3 Å². The number of thiocarbonyl (C=S) groups is 1. The standard InChI is InChI=1S/C14H20N4OS/c1-3-4-8-17(2)9-10-18-13(19)11-6-5-7-15-12(11)16-14(18)20/h5-7,11H,3-4,8-10H2,1-2H3. The van der Waals surface area contributed by atoms with E-state index >= 15 is 0 Å². The van der Waals surface area contributed by atoms with Crippen LogP contribution in [0, 0.1) is 5.92 Å². The van der Waals surface area contributed by atoms with Crippen LogP contribution in [0.5, 0.6) is 0 Å². The first kappa shape index (κ1) is 15.0. The molecule has 108 valence electrons. The summed E-state index contributed by atoms with van der Waals surface area (Å²) < 4.78 is 0. The molecule has 1 unspecified atom stereocenters. The van der Waals surface area contributed by atoms with Crippen LogP contribution in [0.3, 0.4) is 0 Å². The van der Waals surface area contributed by atoms with Crippen molar-refractivity contribution in [1.82, 2.24) is 9.80 Å². The Hall–Kier alpha value is -1.40. The molecule has 1 amide bonds. The zero-order chi connectivity index (χ0) is 14.5. The molecule has 2 aliphatic rings. The normalized spacial score (nSPS) is 21.4. The zero-order valence-corrected chi connectivity index (χ0v) is 12.8. The number of amides is 1. The first-order valence-electron chi connectivity index (χ1n) is 6.96. The monoisotopic (exact) mass is 292 g/mol. The van der Waals surface area contributed by atoms with Gasteiger partial charge in [-0.1, -0.05) is 19.4 Å². The number of carbonyl (C=O) groups excluding carboxylic acids is 1. The molecule has 0 spiro atoms. The van der Waals surface area contributed by atoms with Crippen LogP contribution in [-0.2, 0) is 4.79 Å². The lowest BCUT2D eigenvalue weighted by atomic mass is 10.0. The van der Waals surface area contributed by atoms with Crippen LogP contribution in [0.2, 0.25) is 0 Å². The van der Waals surface area contributed by atoms with Gasteiger partial charge in [0.25, 0.3) is 0 Å². The fourth-order valence-corrected chi connectivity index (χ4v) is 2.45. The van der Waals surface area contributed by atoms with Gasteiger partial charge in [0.15, 0.2) is 0 Å². The molecule has 0 N–H and O–H groups in total. The maximum atomic E-state index is 12.4. The number of likely N-dealkylation sites (N-methyl/N-ethyl adjacent to an activating group) is 1. The van der Waals surface area contributed by atoms with Gasteiger partial charge >= 0.3 is 0 Å². The molecular formula is C14H20N4OS. The van der Waals surface area contributed by atoms with Gasteiger partial charge in [-0.3, -0.25) is 9.69 Å². The van der Waals surface area contributed by atoms with Gasteiger partial charge in [-0.25, -0.2) is 9.98 Å². The smallest absolute Gasteiger partial charge is 0.243 e. The number of dihydropyridines is 1. The summed E-state index contributed by atoms with van der Waals surface area (Å²) in [5.41, 5.74) is 0. The first-order chi connectivity index (χ1) is 9.63. The van der Waals surface area contributed by atoms with Gasteiger partial charge in [-0.2, -0.15) is 0 Å². The number of carbonyl (C=O) groups is 1. The minimum Gasteiger partial charge on any atom is -0.305 e. The van der Waals surface area contributed by atoms with E-state index in [1.807, 2.05) is 6.08 Å². The van der Waals surface area contributed by atoms with E-state index < -0.39 is 0 Å². The van der Waals surface area contributed by atoms with Crippen molar-refractivity contribution < 1.29 is 4.79 Å². The molecular weight excluding hydrogens is 272 g/mol. The second-order valence-corrected chi connectivity index (χ2v) is 5.41. The Balaban J connectivity index is 1.97. The predicted octanol–water partition coefficient (Wildman–Crippen LogP) is 1.50. The molecule has 0 saturated heterocycles. The van der Waals surface area contributed by atoms with E-state index in [1.165, 1.54) is 6.42 Å². The van der Waals surface area contributed by atoms with E-state index in [4.69, 9.17) is 12.2 Å². The van der Waals surface area contributed by atoms with Crippen LogP contribution in [0.1, 0.15) is 19.8 Å². The topological polar surface area (TPSA) is 48.3 Å². The van der Waals surface area contributed by atoms with E-state index in [9.17, 15) is 4.79 Å². The molecule has 0 radical (unpaired) electrons. The number of nitrogens with zero attached hydrogens (tertiary/aromatic N) is 4. The summed E-state index contributed by atoms with van der Waals surface area (Å²) in [4.78, 5) is 24.6. The Bertz CT molecular complexity index is 484. The van der Waals surface area contributed by atoms with Crippen LogP contribution in [0.4, 0.5) is 0 Å². The molecule has 0 aromatic rings. The van der Waals surface area contributed by atoms with Gasteiger partial charge in [0.2, 0.25) is 11.0 Å². The third-order valence-corrected chi connectivity index (χ3v) is 3.76. The van der Waals surface area contributed by atoms with E-state index in [-0.39, 0.29) is 11.8 Å². The number of fused-ring (bicyclic) bond motifs is 1. The summed E-state index contributed by atoms with van der Waals surface area (Å²) in [5, 5.41) is 0.331. The van der Waals surface area contributed by atoms with Gasteiger partial charge in [-0.15, -0.1) is 0 Å². The lowest BCUT2D eigenvalue weighted by molar-refractivity contribution is -0.128. The van der Waals surface area contributed by atoms with Crippen LogP contribution >= 0.6 is 12.2 Å². The molecule has 0 aromatic heterocycles. The lowest BCUT2D eigenvalue weighted by Crippen LogP contribution is -2.48. The molecule has 5 nitrogen and oxygen atoms in total. The van der Waals surface area contributed by atoms with Crippen molar-refractivity contribution in [2.45, 2.75) is 19.8 Å². The highest BCUT2D eigenvalue weighted by Crippen LogP contribution is 2.18. The molecule has 6 heteroatoms. The summed E-state index contributed by atoms with van der Waals surface area (Å²) in [7, 11) is 2.06. The second kappa shape index (κ2) is 6.85. The molecule has 1 atom stereocenters. The highest BCUT2D eigenvalue weighted by Gasteiger charge is 2.34. The SMILES string of the molecule is CCCCN(C)CCN1C(=O)C2C=CC=NC2=NC1=S. The quantitative estimate of drug-likeness (QED) is 0.697. The fraction of sp³-hybridized carbons (Fsp3) is 0.571. The van der Waals surface area contributed by atoms with Crippen LogP contribution in [0.25, 0.3) is 0 Å². The average molecular weight is 292 g/mol. The summed E-state index contributed by atoms with van der Waals surface area (Å²) in [6.45, 7) is 4.59. The molecule has 20 heavy (non-hydrogen) atoms. The predicted molar refractivity (Wildman–Crippen MR) is 85.3 cm³/mol. The minimum atomic E-state index is -0.368. The van der Waals surface area contributed by atoms with Crippen molar-refractivity contribution in [2.24, 2.45) is 15.9 Å². The highest BCUT2D eigenvalue weighted by molar-refractivity contribution is 7.80. The maximum absolute atomic E-state index is 12.4. The summed E-state index contributed by atoms with van der Waals surface area (Å²) in [6, 6.07) is 0. The number of rotatable bonds is 6. The van der Waals surface area contributed by atoms with E-state index in [0.717, 1.165) is 19.5 Å². The second-order valence-electron chi connectivity index (χ2n) is 5.04. The Kier molecular flexibility index (Phi) is 5.14. The molecule has 2 heterocycles. The molecule has 0 aromatic carbocycles. The molecule has 2 rings (SSSR count). The molecule has 0 saturated carbocycles. The van der Waals surface area contributed by atoms with Crippen molar-refractivity contribution >= 4 is 35.3 Å². The lowest BCUT2D eigenvalue weighted by Gasteiger charge is -2.30. The molecule has 0 fully saturated rings. The Morgan fingerprint density at radius 2 is 2.25 bits per heavy atom. The molecule has 2 aliphatic heterocycles. The number of unbranched alkanes of at least 4 members (excludes halogenated alkanes) is 1. The van der Waals surface area contributed by atoms with Crippen molar-refractivity contribution in [3.63, 3.8) is 0 Å². The Labute approximate surface area is 125 Å². The fourth-order valence-electron chi connectivity index (χ4n) is 2.17. The average Bonchev–Trinajstić information content (AvgIpc) is 2.45. The Morgan fingerprint density at radius 3 is 3.00 bits per heavy atom. The summed E-state index contributed by atoms with van der Waals surface area (Å²) in [6.07, 6.45) is 7.58.